The Morgan fingerprint density at radius 3 is 2.42 bits per heavy atom. The molecule has 0 saturated heterocycles. The molecular formula is C10H20O2. The molecule has 2 nitrogen and oxygen atoms in total. The van der Waals surface area contributed by atoms with Crippen LogP contribution in [-0.4, -0.2) is 11.9 Å². The lowest BCUT2D eigenvalue weighted by Gasteiger charge is -2.26. The van der Waals surface area contributed by atoms with Crippen LogP contribution >= 0.6 is 0 Å². The monoisotopic (exact) mass is 172 g/mol. The Hall–Kier alpha value is -0.0800. The Kier molecular flexibility index (Phi) is 3.13. The lowest BCUT2D eigenvalue weighted by Crippen LogP contribution is -2.18. The summed E-state index contributed by atoms with van der Waals surface area (Å²) >= 11 is 0. The van der Waals surface area contributed by atoms with Crippen LogP contribution in [0.4, 0.5) is 0 Å². The molecule has 0 aromatic carbocycles. The molecule has 1 N–H and O–H groups in total. The van der Waals surface area contributed by atoms with Crippen molar-refractivity contribution in [2.45, 2.75) is 40.0 Å². The van der Waals surface area contributed by atoms with E-state index in [2.05, 4.69) is 25.7 Å². The highest BCUT2D eigenvalue weighted by Gasteiger charge is 2.32. The second kappa shape index (κ2) is 3.75. The lowest BCUT2D eigenvalue weighted by molar-refractivity contribution is -0.250. The van der Waals surface area contributed by atoms with Crippen LogP contribution in [0.15, 0.2) is 0 Å². The molecular weight excluding hydrogens is 152 g/mol. The van der Waals surface area contributed by atoms with Crippen LogP contribution in [0.2, 0.25) is 0 Å². The van der Waals surface area contributed by atoms with Crippen molar-refractivity contribution in [1.82, 2.24) is 0 Å². The minimum atomic E-state index is 0.421. The molecule has 0 spiro atoms. The van der Waals surface area contributed by atoms with Crippen LogP contribution in [0.3, 0.4) is 0 Å². The van der Waals surface area contributed by atoms with Crippen molar-refractivity contribution in [3.8, 4) is 0 Å². The minimum Gasteiger partial charge on any atom is -0.252 e. The van der Waals surface area contributed by atoms with Gasteiger partial charge in [-0.05, 0) is 36.5 Å². The smallest absolute Gasteiger partial charge is 0.0848 e. The van der Waals surface area contributed by atoms with Crippen LogP contribution < -0.4 is 0 Å². The Bertz CT molecular complexity index is 137. The average molecular weight is 172 g/mol. The summed E-state index contributed by atoms with van der Waals surface area (Å²) in [6.45, 7) is 7.39. The van der Waals surface area contributed by atoms with E-state index in [-0.39, 0.29) is 0 Å². The fraction of sp³-hybridized carbons (Fsp3) is 1.00. The Morgan fingerprint density at radius 1 is 1.33 bits per heavy atom. The van der Waals surface area contributed by atoms with E-state index >= 15 is 0 Å². The van der Waals surface area contributed by atoms with Crippen LogP contribution in [0.25, 0.3) is 0 Å². The predicted molar refractivity (Wildman–Crippen MR) is 48.9 cm³/mol. The van der Waals surface area contributed by atoms with Crippen molar-refractivity contribution in [2.75, 3.05) is 6.61 Å². The van der Waals surface area contributed by atoms with Gasteiger partial charge in [0.1, 0.15) is 0 Å². The van der Waals surface area contributed by atoms with E-state index in [1.807, 2.05) is 0 Å². The van der Waals surface area contributed by atoms with Gasteiger partial charge in [-0.1, -0.05) is 20.8 Å². The molecule has 0 radical (unpaired) electrons. The zero-order chi connectivity index (χ0) is 9.19. The van der Waals surface area contributed by atoms with Crippen LogP contribution in [0.1, 0.15) is 40.0 Å². The molecule has 2 heteroatoms. The Morgan fingerprint density at radius 2 is 2.00 bits per heavy atom. The van der Waals surface area contributed by atoms with Gasteiger partial charge in [-0.3, -0.25) is 5.26 Å². The van der Waals surface area contributed by atoms with E-state index in [1.54, 1.807) is 0 Å². The maximum Gasteiger partial charge on any atom is 0.0848 e. The molecule has 1 aliphatic carbocycles. The summed E-state index contributed by atoms with van der Waals surface area (Å²) in [6.07, 6.45) is 3.71. The van der Waals surface area contributed by atoms with Gasteiger partial charge in [0.05, 0.1) is 6.61 Å². The number of hydrogen-bond acceptors (Lipinski definition) is 2. The third kappa shape index (κ3) is 2.46. The highest BCUT2D eigenvalue weighted by atomic mass is 17.1. The zero-order valence-corrected chi connectivity index (χ0v) is 8.34. The second-order valence-corrected chi connectivity index (χ2v) is 5.04. The third-order valence-corrected chi connectivity index (χ3v) is 3.08. The van der Waals surface area contributed by atoms with Gasteiger partial charge in [-0.25, -0.2) is 4.89 Å². The third-order valence-electron chi connectivity index (χ3n) is 3.08. The van der Waals surface area contributed by atoms with Gasteiger partial charge < -0.3 is 0 Å². The van der Waals surface area contributed by atoms with Crippen LogP contribution in [0.5, 0.6) is 0 Å². The van der Waals surface area contributed by atoms with Gasteiger partial charge in [-0.15, -0.1) is 0 Å². The molecule has 0 bridgehead atoms. The fourth-order valence-corrected chi connectivity index (χ4v) is 2.12. The van der Waals surface area contributed by atoms with E-state index in [1.165, 1.54) is 19.3 Å². The van der Waals surface area contributed by atoms with Crippen molar-refractivity contribution in [3.05, 3.63) is 0 Å². The molecule has 1 aliphatic rings. The largest absolute Gasteiger partial charge is 0.252 e. The van der Waals surface area contributed by atoms with E-state index in [9.17, 15) is 0 Å². The SMILES string of the molecule is CC(C)(C)[C@H]1CCC(COO)C1. The van der Waals surface area contributed by atoms with Crippen molar-refractivity contribution in [3.63, 3.8) is 0 Å². The predicted octanol–water partition coefficient (Wildman–Crippen LogP) is 2.94. The highest BCUT2D eigenvalue weighted by Crippen LogP contribution is 2.41. The summed E-state index contributed by atoms with van der Waals surface area (Å²) in [7, 11) is 0. The quantitative estimate of drug-likeness (QED) is 0.512. The minimum absolute atomic E-state index is 0.421. The van der Waals surface area contributed by atoms with Gasteiger partial charge in [0.25, 0.3) is 0 Å². The second-order valence-electron chi connectivity index (χ2n) is 5.04. The van der Waals surface area contributed by atoms with Gasteiger partial charge in [-0.2, -0.15) is 0 Å². The summed E-state index contributed by atoms with van der Waals surface area (Å²) in [6, 6.07) is 0. The highest BCUT2D eigenvalue weighted by molar-refractivity contribution is 4.83. The molecule has 1 saturated carbocycles. The first-order valence-electron chi connectivity index (χ1n) is 4.80. The van der Waals surface area contributed by atoms with Gasteiger partial charge in [0.15, 0.2) is 0 Å². The first-order valence-corrected chi connectivity index (χ1v) is 4.80. The maximum absolute atomic E-state index is 8.32. The topological polar surface area (TPSA) is 29.5 Å². The fourth-order valence-electron chi connectivity index (χ4n) is 2.12. The molecule has 12 heavy (non-hydrogen) atoms. The van der Waals surface area contributed by atoms with E-state index in [4.69, 9.17) is 5.26 Å². The Balaban J connectivity index is 2.35. The summed E-state index contributed by atoms with van der Waals surface area (Å²) in [4.78, 5) is 4.19. The van der Waals surface area contributed by atoms with Crippen molar-refractivity contribution in [1.29, 1.82) is 0 Å². The summed E-state index contributed by atoms with van der Waals surface area (Å²) in [5, 5.41) is 8.32. The summed E-state index contributed by atoms with van der Waals surface area (Å²) in [5.74, 6) is 1.39. The molecule has 1 fully saturated rings. The van der Waals surface area contributed by atoms with Crippen LogP contribution in [0, 0.1) is 17.3 Å². The number of rotatable bonds is 2. The van der Waals surface area contributed by atoms with Gasteiger partial charge >= 0.3 is 0 Å². The van der Waals surface area contributed by atoms with Gasteiger partial charge in [0.2, 0.25) is 0 Å². The Labute approximate surface area is 74.9 Å². The van der Waals surface area contributed by atoms with Crippen molar-refractivity contribution < 1.29 is 10.1 Å². The first-order chi connectivity index (χ1) is 5.54. The molecule has 0 heterocycles. The summed E-state index contributed by atoms with van der Waals surface area (Å²) in [5.41, 5.74) is 0.421. The van der Waals surface area contributed by atoms with E-state index in [0.29, 0.717) is 17.9 Å². The van der Waals surface area contributed by atoms with Crippen LogP contribution in [-0.2, 0) is 4.89 Å². The lowest BCUT2D eigenvalue weighted by atomic mass is 9.79. The van der Waals surface area contributed by atoms with Gasteiger partial charge in [0, 0.05) is 0 Å². The molecule has 0 amide bonds. The number of hydrogen-bond donors (Lipinski definition) is 1. The van der Waals surface area contributed by atoms with E-state index < -0.39 is 0 Å². The molecule has 72 valence electrons. The normalized spacial score (nSPS) is 31.0. The first kappa shape index (κ1) is 10.0. The van der Waals surface area contributed by atoms with Crippen molar-refractivity contribution >= 4 is 0 Å². The standard InChI is InChI=1S/C10H20O2/c1-10(2,3)9-5-4-8(6-9)7-12-11/h8-9,11H,4-7H2,1-3H3/t8?,9-/m0/s1. The summed E-state index contributed by atoms with van der Waals surface area (Å²) < 4.78 is 0. The molecule has 0 aromatic heterocycles. The molecule has 2 atom stereocenters. The molecule has 1 unspecified atom stereocenters. The molecule has 0 aromatic rings. The molecule has 1 rings (SSSR count). The average Bonchev–Trinajstić information content (AvgIpc) is 2.35. The zero-order valence-electron chi connectivity index (χ0n) is 8.34. The van der Waals surface area contributed by atoms with Crippen molar-refractivity contribution in [2.24, 2.45) is 17.3 Å². The van der Waals surface area contributed by atoms with E-state index in [0.717, 1.165) is 5.92 Å². The maximum atomic E-state index is 8.32. The molecule has 0 aliphatic heterocycles.